The molecule has 2 aromatic rings. The van der Waals surface area contributed by atoms with E-state index in [2.05, 4.69) is 4.72 Å². The third-order valence-corrected chi connectivity index (χ3v) is 4.94. The standard InChI is InChI=1S/C16H16FNO3S/c1-12-3-9-15(10-4-12)22(20,21)18-16(2,11-19)13-5-7-14(17)8-6-13/h3-11,18H,1-2H3. The predicted molar refractivity (Wildman–Crippen MR) is 81.3 cm³/mol. The molecule has 2 rings (SSSR count). The third-order valence-electron chi connectivity index (χ3n) is 3.36. The van der Waals surface area contributed by atoms with Crippen molar-refractivity contribution < 1.29 is 17.6 Å². The van der Waals surface area contributed by atoms with E-state index in [1.165, 1.54) is 43.3 Å². The van der Waals surface area contributed by atoms with Crippen molar-refractivity contribution in [3.05, 3.63) is 65.5 Å². The molecule has 1 N–H and O–H groups in total. The number of aryl methyl sites for hydroxylation is 1. The monoisotopic (exact) mass is 321 g/mol. The number of aldehydes is 1. The van der Waals surface area contributed by atoms with E-state index in [1.807, 2.05) is 6.92 Å². The SMILES string of the molecule is Cc1ccc(S(=O)(=O)NC(C)(C=O)c2ccc(F)cc2)cc1. The Balaban J connectivity index is 2.38. The normalized spacial score (nSPS) is 14.3. The fourth-order valence-electron chi connectivity index (χ4n) is 2.00. The van der Waals surface area contributed by atoms with Crippen molar-refractivity contribution >= 4 is 16.3 Å². The van der Waals surface area contributed by atoms with Crippen molar-refractivity contribution in [2.45, 2.75) is 24.3 Å². The highest BCUT2D eigenvalue weighted by Crippen LogP contribution is 2.22. The highest BCUT2D eigenvalue weighted by atomic mass is 32.2. The van der Waals surface area contributed by atoms with Gasteiger partial charge in [0, 0.05) is 0 Å². The molecule has 0 aromatic heterocycles. The fraction of sp³-hybridized carbons (Fsp3) is 0.188. The summed E-state index contributed by atoms with van der Waals surface area (Å²) in [4.78, 5) is 11.5. The summed E-state index contributed by atoms with van der Waals surface area (Å²) >= 11 is 0. The smallest absolute Gasteiger partial charge is 0.241 e. The number of halogens is 1. The summed E-state index contributed by atoms with van der Waals surface area (Å²) in [7, 11) is -3.88. The lowest BCUT2D eigenvalue weighted by Crippen LogP contribution is -2.44. The van der Waals surface area contributed by atoms with E-state index in [0.717, 1.165) is 5.56 Å². The summed E-state index contributed by atoms with van der Waals surface area (Å²) in [6, 6.07) is 11.4. The average molecular weight is 321 g/mol. The summed E-state index contributed by atoms with van der Waals surface area (Å²) in [6.45, 7) is 3.27. The van der Waals surface area contributed by atoms with Crippen molar-refractivity contribution in [2.24, 2.45) is 0 Å². The number of sulfonamides is 1. The molecule has 0 aliphatic rings. The van der Waals surface area contributed by atoms with Crippen LogP contribution in [0.25, 0.3) is 0 Å². The van der Waals surface area contributed by atoms with Crippen LogP contribution in [0.15, 0.2) is 53.4 Å². The van der Waals surface area contributed by atoms with Gasteiger partial charge in [0.05, 0.1) is 4.90 Å². The molecule has 116 valence electrons. The van der Waals surface area contributed by atoms with Gasteiger partial charge in [-0.1, -0.05) is 29.8 Å². The van der Waals surface area contributed by atoms with E-state index in [9.17, 15) is 17.6 Å². The van der Waals surface area contributed by atoms with Crippen LogP contribution in [0.2, 0.25) is 0 Å². The van der Waals surface area contributed by atoms with Crippen LogP contribution in [0.4, 0.5) is 4.39 Å². The summed E-state index contributed by atoms with van der Waals surface area (Å²) < 4.78 is 40.2. The zero-order chi connectivity index (χ0) is 16.4. The molecule has 4 nitrogen and oxygen atoms in total. The molecule has 6 heteroatoms. The lowest BCUT2D eigenvalue weighted by Gasteiger charge is -2.25. The molecule has 0 bridgehead atoms. The zero-order valence-corrected chi connectivity index (χ0v) is 13.0. The molecule has 1 unspecified atom stereocenters. The first-order valence-electron chi connectivity index (χ1n) is 6.60. The quantitative estimate of drug-likeness (QED) is 0.861. The summed E-state index contributed by atoms with van der Waals surface area (Å²) in [6.07, 6.45) is 0.492. The number of benzene rings is 2. The van der Waals surface area contributed by atoms with Crippen LogP contribution >= 0.6 is 0 Å². The largest absolute Gasteiger partial charge is 0.301 e. The molecule has 0 aliphatic carbocycles. The molecule has 0 heterocycles. The van der Waals surface area contributed by atoms with E-state index in [1.54, 1.807) is 12.1 Å². The second-order valence-electron chi connectivity index (χ2n) is 5.25. The summed E-state index contributed by atoms with van der Waals surface area (Å²) in [5.74, 6) is -0.460. The van der Waals surface area contributed by atoms with Gasteiger partial charge in [0.25, 0.3) is 0 Å². The minimum atomic E-state index is -3.88. The van der Waals surface area contributed by atoms with Gasteiger partial charge in [0.2, 0.25) is 10.0 Å². The van der Waals surface area contributed by atoms with Crippen LogP contribution in [0.3, 0.4) is 0 Å². The predicted octanol–water partition coefficient (Wildman–Crippen LogP) is 2.53. The summed E-state index contributed by atoms with van der Waals surface area (Å²) in [5.41, 5.74) is -0.188. The minimum Gasteiger partial charge on any atom is -0.301 e. The van der Waals surface area contributed by atoms with Gasteiger partial charge in [-0.2, -0.15) is 4.72 Å². The molecule has 0 fully saturated rings. The highest BCUT2D eigenvalue weighted by Gasteiger charge is 2.32. The first kappa shape index (κ1) is 16.3. The van der Waals surface area contributed by atoms with E-state index >= 15 is 0 Å². The number of rotatable bonds is 5. The highest BCUT2D eigenvalue weighted by molar-refractivity contribution is 7.89. The van der Waals surface area contributed by atoms with E-state index in [0.29, 0.717) is 11.8 Å². The fourth-order valence-corrected chi connectivity index (χ4v) is 3.34. The lowest BCUT2D eigenvalue weighted by atomic mass is 9.95. The Morgan fingerprint density at radius 3 is 2.09 bits per heavy atom. The minimum absolute atomic E-state index is 0.0632. The van der Waals surface area contributed by atoms with Gasteiger partial charge in [0.1, 0.15) is 17.6 Å². The molecule has 0 saturated carbocycles. The third kappa shape index (κ3) is 3.40. The molecule has 0 aliphatic heterocycles. The molecule has 0 radical (unpaired) electrons. The molecule has 1 atom stereocenters. The maximum Gasteiger partial charge on any atom is 0.241 e. The number of hydrogen-bond acceptors (Lipinski definition) is 3. The molecule has 0 saturated heterocycles. The van der Waals surface area contributed by atoms with Crippen molar-refractivity contribution in [1.29, 1.82) is 0 Å². The Kier molecular flexibility index (Phi) is 4.44. The molecule has 2 aromatic carbocycles. The molecular weight excluding hydrogens is 305 g/mol. The van der Waals surface area contributed by atoms with Gasteiger partial charge < -0.3 is 4.79 Å². The van der Waals surface area contributed by atoms with Gasteiger partial charge in [0.15, 0.2) is 0 Å². The maximum absolute atomic E-state index is 13.0. The van der Waals surface area contributed by atoms with Gasteiger partial charge in [-0.15, -0.1) is 0 Å². The second kappa shape index (κ2) is 5.98. The van der Waals surface area contributed by atoms with E-state index in [4.69, 9.17) is 0 Å². The Bertz CT molecular complexity index is 770. The lowest BCUT2D eigenvalue weighted by molar-refractivity contribution is -0.112. The van der Waals surface area contributed by atoms with Crippen LogP contribution in [-0.2, 0) is 20.4 Å². The van der Waals surface area contributed by atoms with Gasteiger partial charge in [-0.25, -0.2) is 12.8 Å². The van der Waals surface area contributed by atoms with Crippen LogP contribution < -0.4 is 4.72 Å². The number of carbonyl (C=O) groups excluding carboxylic acids is 1. The van der Waals surface area contributed by atoms with Gasteiger partial charge in [-0.05, 0) is 43.7 Å². The van der Waals surface area contributed by atoms with Crippen LogP contribution in [0, 0.1) is 12.7 Å². The van der Waals surface area contributed by atoms with Crippen molar-refractivity contribution in [3.8, 4) is 0 Å². The molecule has 0 amide bonds. The van der Waals surface area contributed by atoms with Gasteiger partial charge >= 0.3 is 0 Å². The van der Waals surface area contributed by atoms with Crippen molar-refractivity contribution in [2.75, 3.05) is 0 Å². The first-order valence-corrected chi connectivity index (χ1v) is 8.08. The second-order valence-corrected chi connectivity index (χ2v) is 6.93. The Labute approximate surface area is 129 Å². The molecule has 22 heavy (non-hydrogen) atoms. The molecular formula is C16H16FNO3S. The maximum atomic E-state index is 13.0. The first-order chi connectivity index (χ1) is 10.3. The van der Waals surface area contributed by atoms with E-state index in [-0.39, 0.29) is 4.90 Å². The van der Waals surface area contributed by atoms with Crippen molar-refractivity contribution in [3.63, 3.8) is 0 Å². The number of nitrogens with one attached hydrogen (secondary N) is 1. The van der Waals surface area contributed by atoms with Crippen LogP contribution in [0.5, 0.6) is 0 Å². The van der Waals surface area contributed by atoms with Crippen LogP contribution in [0.1, 0.15) is 18.1 Å². The van der Waals surface area contributed by atoms with Gasteiger partial charge in [-0.3, -0.25) is 0 Å². The number of carbonyl (C=O) groups is 1. The Hall–Kier alpha value is -2.05. The zero-order valence-electron chi connectivity index (χ0n) is 12.2. The Morgan fingerprint density at radius 1 is 1.05 bits per heavy atom. The van der Waals surface area contributed by atoms with E-state index < -0.39 is 21.4 Å². The van der Waals surface area contributed by atoms with Crippen LogP contribution in [-0.4, -0.2) is 14.7 Å². The molecule has 0 spiro atoms. The average Bonchev–Trinajstić information content (AvgIpc) is 2.47. The van der Waals surface area contributed by atoms with Crippen molar-refractivity contribution in [1.82, 2.24) is 4.72 Å². The topological polar surface area (TPSA) is 63.2 Å². The summed E-state index contributed by atoms with van der Waals surface area (Å²) in [5, 5.41) is 0. The Morgan fingerprint density at radius 2 is 1.59 bits per heavy atom. The number of hydrogen-bond donors (Lipinski definition) is 1.